The van der Waals surface area contributed by atoms with Crippen LogP contribution in [0.1, 0.15) is 59.2 Å². The van der Waals surface area contributed by atoms with Crippen molar-refractivity contribution in [2.75, 3.05) is 18.4 Å². The molecule has 28 heavy (non-hydrogen) atoms. The predicted molar refractivity (Wildman–Crippen MR) is 114 cm³/mol. The summed E-state index contributed by atoms with van der Waals surface area (Å²) in [6.07, 6.45) is 5.55. The van der Waals surface area contributed by atoms with Gasteiger partial charge in [0.25, 0.3) is 5.91 Å². The number of nitrogens with one attached hydrogen (secondary N) is 1. The first kappa shape index (κ1) is 20.1. The van der Waals surface area contributed by atoms with Crippen molar-refractivity contribution in [3.63, 3.8) is 0 Å². The molecule has 1 heterocycles. The molecule has 4 heteroatoms. The highest BCUT2D eigenvalue weighted by Gasteiger charge is 2.20. The topological polar surface area (TPSA) is 49.4 Å². The van der Waals surface area contributed by atoms with Gasteiger partial charge in [-0.15, -0.1) is 0 Å². The number of anilines is 1. The van der Waals surface area contributed by atoms with E-state index in [0.29, 0.717) is 24.1 Å². The minimum atomic E-state index is -0.0608. The van der Waals surface area contributed by atoms with E-state index < -0.39 is 0 Å². The highest BCUT2D eigenvalue weighted by Crippen LogP contribution is 2.20. The zero-order valence-corrected chi connectivity index (χ0v) is 17.0. The van der Waals surface area contributed by atoms with E-state index in [1.807, 2.05) is 29.2 Å². The first-order chi connectivity index (χ1) is 13.5. The maximum atomic E-state index is 13.0. The van der Waals surface area contributed by atoms with E-state index in [2.05, 4.69) is 37.4 Å². The van der Waals surface area contributed by atoms with Gasteiger partial charge in [0.15, 0.2) is 0 Å². The molecule has 2 aromatic rings. The average molecular weight is 379 g/mol. The highest BCUT2D eigenvalue weighted by atomic mass is 16.2. The fourth-order valence-corrected chi connectivity index (χ4v) is 3.65. The van der Waals surface area contributed by atoms with Gasteiger partial charge in [0.05, 0.1) is 11.3 Å². The molecule has 1 saturated heterocycles. The van der Waals surface area contributed by atoms with E-state index in [4.69, 9.17) is 0 Å². The van der Waals surface area contributed by atoms with Crippen molar-refractivity contribution < 1.29 is 9.59 Å². The van der Waals surface area contributed by atoms with Gasteiger partial charge in [-0.3, -0.25) is 9.59 Å². The number of benzene rings is 2. The minimum Gasteiger partial charge on any atom is -0.339 e. The number of carbonyl (C=O) groups excluding carboxylic acids is 2. The molecule has 0 bridgehead atoms. The van der Waals surface area contributed by atoms with Crippen LogP contribution in [-0.2, 0) is 11.2 Å². The van der Waals surface area contributed by atoms with Crippen molar-refractivity contribution in [1.29, 1.82) is 0 Å². The molecule has 1 aliphatic rings. The van der Waals surface area contributed by atoms with Crippen LogP contribution in [0.15, 0.2) is 42.5 Å². The number of rotatable bonds is 5. The largest absolute Gasteiger partial charge is 0.339 e. The minimum absolute atomic E-state index is 0.0203. The summed E-state index contributed by atoms with van der Waals surface area (Å²) in [6.45, 7) is 5.77. The van der Waals surface area contributed by atoms with Crippen molar-refractivity contribution >= 4 is 17.5 Å². The smallest absolute Gasteiger partial charge is 0.255 e. The van der Waals surface area contributed by atoms with E-state index in [0.717, 1.165) is 31.5 Å². The van der Waals surface area contributed by atoms with Gasteiger partial charge in [0, 0.05) is 19.5 Å². The second-order valence-electron chi connectivity index (χ2n) is 7.72. The van der Waals surface area contributed by atoms with Crippen LogP contribution in [0, 0.1) is 13.8 Å². The van der Waals surface area contributed by atoms with Crippen molar-refractivity contribution in [3.8, 4) is 0 Å². The number of nitrogens with zero attached hydrogens (tertiary/aromatic N) is 1. The van der Waals surface area contributed by atoms with E-state index >= 15 is 0 Å². The Labute approximate surface area is 167 Å². The molecule has 148 valence electrons. The molecule has 0 aliphatic carbocycles. The summed E-state index contributed by atoms with van der Waals surface area (Å²) in [7, 11) is 0. The Kier molecular flexibility index (Phi) is 6.85. The lowest BCUT2D eigenvalue weighted by Gasteiger charge is -2.22. The lowest BCUT2D eigenvalue weighted by molar-refractivity contribution is -0.116. The van der Waals surface area contributed by atoms with Crippen LogP contribution in [0.25, 0.3) is 0 Å². The number of hydrogen-bond acceptors (Lipinski definition) is 2. The van der Waals surface area contributed by atoms with Crippen LogP contribution in [0.4, 0.5) is 5.69 Å². The molecule has 0 atom stereocenters. The summed E-state index contributed by atoms with van der Waals surface area (Å²) < 4.78 is 0. The van der Waals surface area contributed by atoms with Gasteiger partial charge in [-0.2, -0.15) is 0 Å². The van der Waals surface area contributed by atoms with Crippen LogP contribution in [0.3, 0.4) is 0 Å². The van der Waals surface area contributed by atoms with Crippen molar-refractivity contribution in [3.05, 3.63) is 64.7 Å². The van der Waals surface area contributed by atoms with Crippen molar-refractivity contribution in [2.45, 2.75) is 52.4 Å². The average Bonchev–Trinajstić information content (AvgIpc) is 2.98. The fraction of sp³-hybridized carbons (Fsp3) is 0.417. The van der Waals surface area contributed by atoms with Gasteiger partial charge in [0.1, 0.15) is 0 Å². The molecule has 3 rings (SSSR count). The lowest BCUT2D eigenvalue weighted by atomic mass is 10.0. The standard InChI is InChI=1S/C24H30N2O2/c1-18-11-12-20(17-19(18)2)13-14-23(27)25-22-10-6-5-9-21(22)24(28)26-15-7-3-4-8-16-26/h5-6,9-12,17H,3-4,7-8,13-16H2,1-2H3,(H,25,27). The molecular weight excluding hydrogens is 348 g/mol. The van der Waals surface area contributed by atoms with Crippen LogP contribution < -0.4 is 5.32 Å². The summed E-state index contributed by atoms with van der Waals surface area (Å²) in [5.74, 6) is -0.0405. The van der Waals surface area contributed by atoms with Gasteiger partial charge >= 0.3 is 0 Å². The number of aryl methyl sites for hydroxylation is 3. The third kappa shape index (κ3) is 5.22. The Bertz CT molecular complexity index is 836. The van der Waals surface area contributed by atoms with Gasteiger partial charge in [-0.05, 0) is 61.9 Å². The first-order valence-corrected chi connectivity index (χ1v) is 10.3. The second kappa shape index (κ2) is 9.54. The normalized spacial score (nSPS) is 14.4. The summed E-state index contributed by atoms with van der Waals surface area (Å²) in [5.41, 5.74) is 4.86. The first-order valence-electron chi connectivity index (χ1n) is 10.3. The van der Waals surface area contributed by atoms with E-state index in [1.54, 1.807) is 0 Å². The molecule has 4 nitrogen and oxygen atoms in total. The molecular formula is C24H30N2O2. The Morgan fingerprint density at radius 2 is 1.64 bits per heavy atom. The number of para-hydroxylation sites is 1. The number of amides is 2. The van der Waals surface area contributed by atoms with Crippen molar-refractivity contribution in [2.24, 2.45) is 0 Å². The van der Waals surface area contributed by atoms with E-state index in [-0.39, 0.29) is 11.8 Å². The Morgan fingerprint density at radius 1 is 0.929 bits per heavy atom. The summed E-state index contributed by atoms with van der Waals surface area (Å²) in [6, 6.07) is 13.7. The molecule has 0 radical (unpaired) electrons. The molecule has 2 amide bonds. The lowest BCUT2D eigenvalue weighted by Crippen LogP contribution is -2.32. The van der Waals surface area contributed by atoms with E-state index in [1.165, 1.54) is 24.0 Å². The monoisotopic (exact) mass is 378 g/mol. The van der Waals surface area contributed by atoms with E-state index in [9.17, 15) is 9.59 Å². The third-order valence-corrected chi connectivity index (χ3v) is 5.54. The summed E-state index contributed by atoms with van der Waals surface area (Å²) >= 11 is 0. The van der Waals surface area contributed by atoms with Crippen LogP contribution in [0.5, 0.6) is 0 Å². The van der Waals surface area contributed by atoms with Gasteiger partial charge in [0.2, 0.25) is 5.91 Å². The zero-order valence-electron chi connectivity index (χ0n) is 17.0. The third-order valence-electron chi connectivity index (χ3n) is 5.54. The Hall–Kier alpha value is -2.62. The van der Waals surface area contributed by atoms with Crippen LogP contribution >= 0.6 is 0 Å². The molecule has 1 fully saturated rings. The molecule has 0 spiro atoms. The van der Waals surface area contributed by atoms with Gasteiger partial charge in [-0.1, -0.05) is 43.2 Å². The summed E-state index contributed by atoms with van der Waals surface area (Å²) in [4.78, 5) is 27.4. The molecule has 2 aromatic carbocycles. The molecule has 0 aromatic heterocycles. The van der Waals surface area contributed by atoms with Crippen molar-refractivity contribution in [1.82, 2.24) is 4.90 Å². The molecule has 0 saturated carbocycles. The van der Waals surface area contributed by atoms with Crippen LogP contribution in [-0.4, -0.2) is 29.8 Å². The Balaban J connectivity index is 1.64. The summed E-state index contributed by atoms with van der Waals surface area (Å²) in [5, 5.41) is 2.96. The van der Waals surface area contributed by atoms with Gasteiger partial charge in [-0.25, -0.2) is 0 Å². The predicted octanol–water partition coefficient (Wildman–Crippen LogP) is 4.89. The molecule has 0 unspecified atom stereocenters. The molecule has 1 N–H and O–H groups in total. The zero-order chi connectivity index (χ0) is 19.9. The maximum Gasteiger partial charge on any atom is 0.255 e. The number of carbonyl (C=O) groups is 2. The second-order valence-corrected chi connectivity index (χ2v) is 7.72. The fourth-order valence-electron chi connectivity index (χ4n) is 3.65. The quantitative estimate of drug-likeness (QED) is 0.805. The number of hydrogen-bond donors (Lipinski definition) is 1. The SMILES string of the molecule is Cc1ccc(CCC(=O)Nc2ccccc2C(=O)N2CCCCCC2)cc1C. The molecule has 1 aliphatic heterocycles. The number of likely N-dealkylation sites (tertiary alicyclic amines) is 1. The Morgan fingerprint density at radius 3 is 2.36 bits per heavy atom. The van der Waals surface area contributed by atoms with Gasteiger partial charge < -0.3 is 10.2 Å². The van der Waals surface area contributed by atoms with Crippen LogP contribution in [0.2, 0.25) is 0 Å². The maximum absolute atomic E-state index is 13.0. The highest BCUT2D eigenvalue weighted by molar-refractivity contribution is 6.03.